The highest BCUT2D eigenvalue weighted by Crippen LogP contribution is 2.29. The van der Waals surface area contributed by atoms with Crippen LogP contribution in [-0.2, 0) is 0 Å². The van der Waals surface area contributed by atoms with Gasteiger partial charge in [0.2, 0.25) is 0 Å². The molecule has 1 atom stereocenters. The highest BCUT2D eigenvalue weighted by Gasteiger charge is 2.20. The van der Waals surface area contributed by atoms with E-state index in [-0.39, 0.29) is 11.9 Å². The summed E-state index contributed by atoms with van der Waals surface area (Å²) in [5, 5.41) is 0. The maximum Gasteiger partial charge on any atom is 0.125 e. The summed E-state index contributed by atoms with van der Waals surface area (Å²) < 4.78 is 19.8. The van der Waals surface area contributed by atoms with E-state index in [1.807, 2.05) is 12.1 Å². The molecule has 3 nitrogen and oxygen atoms in total. The number of hydrogen-bond donors (Lipinski definition) is 0. The van der Waals surface area contributed by atoms with Gasteiger partial charge in [-0.3, -0.25) is 4.90 Å². The average molecular weight is 447 g/mol. The molecule has 174 valence electrons. The molecule has 0 unspecified atom stereocenters. The van der Waals surface area contributed by atoms with E-state index in [4.69, 9.17) is 4.74 Å². The van der Waals surface area contributed by atoms with Gasteiger partial charge >= 0.3 is 0 Å². The standard InChI is InChI=1S/C29H35FN2O/c1-22(2)25-19-23(3)20-28(21-25)33-29(24-7-5-4-6-8-24)13-14-31-15-17-32(18-16-31)27-11-9-26(30)10-12-27/h4-12,19-22,29H,13-18H2,1-3H3/t29-/m1/s1. The first-order valence-corrected chi connectivity index (χ1v) is 12.0. The first kappa shape index (κ1) is 23.3. The highest BCUT2D eigenvalue weighted by atomic mass is 19.1. The third-order valence-electron chi connectivity index (χ3n) is 6.46. The maximum atomic E-state index is 13.2. The van der Waals surface area contributed by atoms with Gasteiger partial charge in [-0.15, -0.1) is 0 Å². The van der Waals surface area contributed by atoms with Gasteiger partial charge in [-0.2, -0.15) is 0 Å². The minimum absolute atomic E-state index is 0.0168. The van der Waals surface area contributed by atoms with Crippen LogP contribution in [0.1, 0.15) is 49.0 Å². The Labute approximate surface area is 197 Å². The number of piperazine rings is 1. The van der Waals surface area contributed by atoms with E-state index >= 15 is 0 Å². The Morgan fingerprint density at radius 1 is 0.848 bits per heavy atom. The zero-order chi connectivity index (χ0) is 23.2. The van der Waals surface area contributed by atoms with Crippen LogP contribution < -0.4 is 9.64 Å². The molecule has 0 amide bonds. The monoisotopic (exact) mass is 446 g/mol. The van der Waals surface area contributed by atoms with Crippen molar-refractivity contribution in [2.24, 2.45) is 0 Å². The number of rotatable bonds is 8. The number of halogens is 1. The van der Waals surface area contributed by atoms with Crippen molar-refractivity contribution in [1.82, 2.24) is 4.90 Å². The lowest BCUT2D eigenvalue weighted by Crippen LogP contribution is -2.46. The lowest BCUT2D eigenvalue weighted by Gasteiger charge is -2.36. The molecular formula is C29H35FN2O. The number of ether oxygens (including phenoxy) is 1. The van der Waals surface area contributed by atoms with E-state index in [1.165, 1.54) is 16.7 Å². The molecule has 1 aliphatic heterocycles. The maximum absolute atomic E-state index is 13.2. The Hall–Kier alpha value is -2.85. The van der Waals surface area contributed by atoms with Gasteiger partial charge in [0.15, 0.2) is 0 Å². The molecule has 1 heterocycles. The molecule has 4 rings (SSSR count). The fourth-order valence-corrected chi connectivity index (χ4v) is 4.48. The molecule has 0 N–H and O–H groups in total. The van der Waals surface area contributed by atoms with Crippen molar-refractivity contribution in [1.29, 1.82) is 0 Å². The summed E-state index contributed by atoms with van der Waals surface area (Å²) >= 11 is 0. The van der Waals surface area contributed by atoms with Crippen molar-refractivity contribution in [3.8, 4) is 5.75 Å². The lowest BCUT2D eigenvalue weighted by atomic mass is 10.0. The summed E-state index contributed by atoms with van der Waals surface area (Å²) in [6.45, 7) is 11.5. The van der Waals surface area contributed by atoms with E-state index in [1.54, 1.807) is 12.1 Å². The lowest BCUT2D eigenvalue weighted by molar-refractivity contribution is 0.160. The van der Waals surface area contributed by atoms with E-state index < -0.39 is 0 Å². The van der Waals surface area contributed by atoms with Gasteiger partial charge in [-0.1, -0.05) is 50.2 Å². The topological polar surface area (TPSA) is 15.7 Å². The molecule has 33 heavy (non-hydrogen) atoms. The summed E-state index contributed by atoms with van der Waals surface area (Å²) in [5.41, 5.74) is 4.87. The van der Waals surface area contributed by atoms with E-state index in [9.17, 15) is 4.39 Å². The largest absolute Gasteiger partial charge is 0.486 e. The van der Waals surface area contributed by atoms with Crippen molar-refractivity contribution in [3.05, 3.63) is 95.3 Å². The van der Waals surface area contributed by atoms with Crippen molar-refractivity contribution in [2.45, 2.75) is 39.2 Å². The van der Waals surface area contributed by atoms with Crippen LogP contribution in [0.25, 0.3) is 0 Å². The molecule has 0 aromatic heterocycles. The van der Waals surface area contributed by atoms with Crippen LogP contribution in [0.4, 0.5) is 10.1 Å². The Morgan fingerprint density at radius 2 is 1.55 bits per heavy atom. The molecule has 1 aliphatic rings. The van der Waals surface area contributed by atoms with Gasteiger partial charge in [-0.25, -0.2) is 4.39 Å². The summed E-state index contributed by atoms with van der Waals surface area (Å²) in [6, 6.07) is 24.0. The van der Waals surface area contributed by atoms with Crippen LogP contribution in [0.5, 0.6) is 5.75 Å². The normalized spacial score (nSPS) is 15.6. The van der Waals surface area contributed by atoms with Gasteiger partial charge in [0, 0.05) is 44.8 Å². The van der Waals surface area contributed by atoms with Crippen molar-refractivity contribution < 1.29 is 9.13 Å². The molecule has 1 fully saturated rings. The summed E-state index contributed by atoms with van der Waals surface area (Å²) in [6.07, 6.45) is 0.953. The molecule has 0 aliphatic carbocycles. The second-order valence-electron chi connectivity index (χ2n) is 9.35. The van der Waals surface area contributed by atoms with E-state index in [2.05, 4.69) is 79.1 Å². The van der Waals surface area contributed by atoms with Crippen LogP contribution in [0.15, 0.2) is 72.8 Å². The summed E-state index contributed by atoms with van der Waals surface area (Å²) in [5.74, 6) is 1.24. The smallest absolute Gasteiger partial charge is 0.125 e. The third kappa shape index (κ3) is 6.35. The minimum atomic E-state index is -0.182. The zero-order valence-corrected chi connectivity index (χ0v) is 20.0. The Bertz CT molecular complexity index is 1010. The van der Waals surface area contributed by atoms with Gasteiger partial charge in [0.1, 0.15) is 17.7 Å². The molecule has 0 bridgehead atoms. The van der Waals surface area contributed by atoms with Gasteiger partial charge in [0.25, 0.3) is 0 Å². The number of nitrogens with zero attached hydrogens (tertiary/aromatic N) is 2. The number of hydrogen-bond acceptors (Lipinski definition) is 3. The minimum Gasteiger partial charge on any atom is -0.486 e. The molecule has 1 saturated heterocycles. The van der Waals surface area contributed by atoms with Gasteiger partial charge < -0.3 is 9.64 Å². The first-order chi connectivity index (χ1) is 16.0. The van der Waals surface area contributed by atoms with Crippen molar-refractivity contribution in [2.75, 3.05) is 37.6 Å². The van der Waals surface area contributed by atoms with Crippen LogP contribution in [0.2, 0.25) is 0 Å². The molecule has 0 radical (unpaired) electrons. The second-order valence-corrected chi connectivity index (χ2v) is 9.35. The predicted molar refractivity (Wildman–Crippen MR) is 135 cm³/mol. The summed E-state index contributed by atoms with van der Waals surface area (Å²) in [4.78, 5) is 4.84. The van der Waals surface area contributed by atoms with Crippen molar-refractivity contribution in [3.63, 3.8) is 0 Å². The fourth-order valence-electron chi connectivity index (χ4n) is 4.48. The zero-order valence-electron chi connectivity index (χ0n) is 20.0. The molecule has 3 aromatic carbocycles. The quantitative estimate of drug-likeness (QED) is 0.388. The Kier molecular flexibility index (Phi) is 7.66. The predicted octanol–water partition coefficient (Wildman–Crippen LogP) is 6.59. The van der Waals surface area contributed by atoms with E-state index in [0.29, 0.717) is 5.92 Å². The Balaban J connectivity index is 1.39. The number of benzene rings is 3. The fraction of sp³-hybridized carbons (Fsp3) is 0.379. The van der Waals surface area contributed by atoms with Gasteiger partial charge in [-0.05, 0) is 65.9 Å². The second kappa shape index (κ2) is 10.8. The van der Waals surface area contributed by atoms with Crippen LogP contribution in [0.3, 0.4) is 0 Å². The van der Waals surface area contributed by atoms with Crippen LogP contribution in [0, 0.1) is 12.7 Å². The molecule has 0 spiro atoms. The third-order valence-corrected chi connectivity index (χ3v) is 6.46. The number of anilines is 1. The molecule has 0 saturated carbocycles. The average Bonchev–Trinajstić information content (AvgIpc) is 2.83. The van der Waals surface area contributed by atoms with E-state index in [0.717, 1.165) is 50.6 Å². The highest BCUT2D eigenvalue weighted by molar-refractivity contribution is 5.46. The first-order valence-electron chi connectivity index (χ1n) is 12.0. The van der Waals surface area contributed by atoms with Crippen LogP contribution in [-0.4, -0.2) is 37.6 Å². The van der Waals surface area contributed by atoms with Gasteiger partial charge in [0.05, 0.1) is 0 Å². The molecular weight excluding hydrogens is 411 g/mol. The SMILES string of the molecule is Cc1cc(O[C@H](CCN2CCN(c3ccc(F)cc3)CC2)c2ccccc2)cc(C(C)C)c1. The van der Waals surface area contributed by atoms with Crippen molar-refractivity contribution >= 4 is 5.69 Å². The van der Waals surface area contributed by atoms with Crippen LogP contribution >= 0.6 is 0 Å². The molecule has 4 heteroatoms. The number of aryl methyl sites for hydroxylation is 1. The summed E-state index contributed by atoms with van der Waals surface area (Å²) in [7, 11) is 0. The molecule has 3 aromatic rings. The Morgan fingerprint density at radius 3 is 2.21 bits per heavy atom.